The van der Waals surface area contributed by atoms with Crippen molar-refractivity contribution in [3.63, 3.8) is 0 Å². The Balaban J connectivity index is 1.55. The Kier molecular flexibility index (Phi) is 4.32. The highest BCUT2D eigenvalue weighted by molar-refractivity contribution is 5.82. The molecule has 3 aliphatic rings. The Labute approximate surface area is 121 Å². The average Bonchev–Trinajstić information content (AvgIpc) is 2.96. The van der Waals surface area contributed by atoms with Crippen molar-refractivity contribution in [2.45, 2.75) is 70.1 Å². The summed E-state index contributed by atoms with van der Waals surface area (Å²) < 4.78 is 0. The topological polar surface area (TPSA) is 52.6 Å². The van der Waals surface area contributed by atoms with Crippen molar-refractivity contribution in [2.24, 2.45) is 11.8 Å². The lowest BCUT2D eigenvalue weighted by Crippen LogP contribution is -2.55. The summed E-state index contributed by atoms with van der Waals surface area (Å²) in [5, 5.41) is 13.3. The minimum absolute atomic E-state index is 0.0297. The molecule has 0 bridgehead atoms. The van der Waals surface area contributed by atoms with Gasteiger partial charge in [0.1, 0.15) is 0 Å². The number of aliphatic hydroxyl groups excluding tert-OH is 1. The van der Waals surface area contributed by atoms with E-state index in [1.807, 2.05) is 11.8 Å². The molecule has 114 valence electrons. The quantitative estimate of drug-likeness (QED) is 0.806. The van der Waals surface area contributed by atoms with Gasteiger partial charge in [0.25, 0.3) is 0 Å². The molecule has 0 aromatic rings. The van der Waals surface area contributed by atoms with Crippen molar-refractivity contribution >= 4 is 5.91 Å². The summed E-state index contributed by atoms with van der Waals surface area (Å²) in [5.74, 6) is 1.35. The summed E-state index contributed by atoms with van der Waals surface area (Å²) in [6.07, 6.45) is 8.11. The maximum Gasteiger partial charge on any atom is 0.239 e. The Morgan fingerprint density at radius 2 is 2.00 bits per heavy atom. The van der Waals surface area contributed by atoms with Gasteiger partial charge in [0.05, 0.1) is 12.1 Å². The highest BCUT2D eigenvalue weighted by Gasteiger charge is 2.38. The van der Waals surface area contributed by atoms with Gasteiger partial charge in [-0.1, -0.05) is 12.8 Å². The fourth-order valence-electron chi connectivity index (χ4n) is 4.29. The number of rotatable bonds is 2. The molecule has 2 N–H and O–H groups in total. The van der Waals surface area contributed by atoms with Gasteiger partial charge in [0.2, 0.25) is 5.91 Å². The molecule has 2 saturated heterocycles. The Morgan fingerprint density at radius 1 is 1.20 bits per heavy atom. The number of fused-ring (bicyclic) bond motifs is 1. The molecular weight excluding hydrogens is 252 g/mol. The molecule has 1 amide bonds. The molecule has 1 saturated carbocycles. The van der Waals surface area contributed by atoms with Crippen molar-refractivity contribution in [3.8, 4) is 0 Å². The zero-order valence-electron chi connectivity index (χ0n) is 12.6. The van der Waals surface area contributed by atoms with Crippen LogP contribution in [0, 0.1) is 11.8 Å². The van der Waals surface area contributed by atoms with Crippen molar-refractivity contribution in [2.75, 3.05) is 13.1 Å². The number of likely N-dealkylation sites (tertiary alicyclic amines) is 1. The lowest BCUT2D eigenvalue weighted by molar-refractivity contribution is -0.134. The largest absolute Gasteiger partial charge is 0.393 e. The van der Waals surface area contributed by atoms with E-state index >= 15 is 0 Å². The SMILES string of the molecule is CC(O)C1CCN(C(=O)C2CCC3CCCCC3N2)C1. The Morgan fingerprint density at radius 3 is 2.75 bits per heavy atom. The zero-order chi connectivity index (χ0) is 14.1. The summed E-state index contributed by atoms with van der Waals surface area (Å²) in [6, 6.07) is 0.601. The van der Waals surface area contributed by atoms with Gasteiger partial charge < -0.3 is 15.3 Å². The predicted octanol–water partition coefficient (Wildman–Crippen LogP) is 1.53. The van der Waals surface area contributed by atoms with E-state index in [2.05, 4.69) is 5.32 Å². The molecule has 3 rings (SSSR count). The van der Waals surface area contributed by atoms with Crippen LogP contribution in [-0.4, -0.2) is 47.2 Å². The third kappa shape index (κ3) is 2.86. The van der Waals surface area contributed by atoms with Gasteiger partial charge in [0.15, 0.2) is 0 Å². The van der Waals surface area contributed by atoms with Gasteiger partial charge in [-0.2, -0.15) is 0 Å². The number of carbonyl (C=O) groups is 1. The number of nitrogens with zero attached hydrogens (tertiary/aromatic N) is 1. The number of carbonyl (C=O) groups excluding carboxylic acids is 1. The van der Waals surface area contributed by atoms with Gasteiger partial charge in [-0.05, 0) is 44.9 Å². The van der Waals surface area contributed by atoms with Gasteiger partial charge in [-0.25, -0.2) is 0 Å². The van der Waals surface area contributed by atoms with Crippen LogP contribution in [-0.2, 0) is 4.79 Å². The van der Waals surface area contributed by atoms with Gasteiger partial charge >= 0.3 is 0 Å². The van der Waals surface area contributed by atoms with E-state index in [1.54, 1.807) is 0 Å². The highest BCUT2D eigenvalue weighted by Crippen LogP contribution is 2.33. The first kappa shape index (κ1) is 14.3. The van der Waals surface area contributed by atoms with Crippen LogP contribution in [0.3, 0.4) is 0 Å². The first-order valence-electron chi connectivity index (χ1n) is 8.38. The summed E-state index contributed by atoms with van der Waals surface area (Å²) in [5.41, 5.74) is 0. The monoisotopic (exact) mass is 280 g/mol. The molecule has 20 heavy (non-hydrogen) atoms. The van der Waals surface area contributed by atoms with E-state index < -0.39 is 0 Å². The van der Waals surface area contributed by atoms with Crippen LogP contribution in [0.5, 0.6) is 0 Å². The fourth-order valence-corrected chi connectivity index (χ4v) is 4.29. The molecule has 0 aromatic heterocycles. The lowest BCUT2D eigenvalue weighted by atomic mass is 9.77. The van der Waals surface area contributed by atoms with Crippen LogP contribution in [0.25, 0.3) is 0 Å². The molecule has 0 aromatic carbocycles. The van der Waals surface area contributed by atoms with E-state index in [-0.39, 0.29) is 24.0 Å². The van der Waals surface area contributed by atoms with Gasteiger partial charge in [-0.3, -0.25) is 4.79 Å². The number of nitrogens with one attached hydrogen (secondary N) is 1. The van der Waals surface area contributed by atoms with Crippen molar-refractivity contribution in [3.05, 3.63) is 0 Å². The van der Waals surface area contributed by atoms with Crippen molar-refractivity contribution in [1.29, 1.82) is 0 Å². The van der Waals surface area contributed by atoms with Crippen LogP contribution in [0.2, 0.25) is 0 Å². The van der Waals surface area contributed by atoms with E-state index in [0.29, 0.717) is 6.04 Å². The predicted molar refractivity (Wildman–Crippen MR) is 78.3 cm³/mol. The van der Waals surface area contributed by atoms with Crippen LogP contribution in [0.1, 0.15) is 51.9 Å². The van der Waals surface area contributed by atoms with Crippen LogP contribution < -0.4 is 5.32 Å². The maximum absolute atomic E-state index is 12.6. The standard InChI is InChI=1S/C16H28N2O2/c1-11(19)13-8-9-18(10-13)16(20)15-7-6-12-4-2-3-5-14(12)17-15/h11-15,17,19H,2-10H2,1H3. The van der Waals surface area contributed by atoms with E-state index in [4.69, 9.17) is 0 Å². The summed E-state index contributed by atoms with van der Waals surface area (Å²) >= 11 is 0. The van der Waals surface area contributed by atoms with E-state index in [0.717, 1.165) is 31.8 Å². The second-order valence-electron chi connectivity index (χ2n) is 7.02. The lowest BCUT2D eigenvalue weighted by Gasteiger charge is -2.40. The normalized spacial score (nSPS) is 39.4. The Bertz CT molecular complexity index is 358. The van der Waals surface area contributed by atoms with Gasteiger partial charge in [0, 0.05) is 25.0 Å². The second kappa shape index (κ2) is 6.02. The highest BCUT2D eigenvalue weighted by atomic mass is 16.3. The number of aliphatic hydroxyl groups is 1. The third-order valence-corrected chi connectivity index (χ3v) is 5.67. The van der Waals surface area contributed by atoms with Crippen LogP contribution in [0.15, 0.2) is 0 Å². The molecule has 4 nitrogen and oxygen atoms in total. The number of hydrogen-bond donors (Lipinski definition) is 2. The van der Waals surface area contributed by atoms with E-state index in [9.17, 15) is 9.90 Å². The smallest absolute Gasteiger partial charge is 0.239 e. The maximum atomic E-state index is 12.6. The third-order valence-electron chi connectivity index (χ3n) is 5.67. The number of amides is 1. The number of hydrogen-bond acceptors (Lipinski definition) is 3. The minimum atomic E-state index is -0.296. The molecule has 5 atom stereocenters. The first-order chi connectivity index (χ1) is 9.65. The average molecular weight is 280 g/mol. The zero-order valence-corrected chi connectivity index (χ0v) is 12.6. The van der Waals surface area contributed by atoms with Crippen molar-refractivity contribution in [1.82, 2.24) is 10.2 Å². The fraction of sp³-hybridized carbons (Fsp3) is 0.938. The molecule has 3 fully saturated rings. The van der Waals surface area contributed by atoms with Crippen molar-refractivity contribution < 1.29 is 9.90 Å². The molecule has 1 aliphatic carbocycles. The minimum Gasteiger partial charge on any atom is -0.393 e. The van der Waals surface area contributed by atoms with Gasteiger partial charge in [-0.15, -0.1) is 0 Å². The molecule has 2 aliphatic heterocycles. The summed E-state index contributed by atoms with van der Waals surface area (Å²) in [4.78, 5) is 14.6. The molecular formula is C16H28N2O2. The number of piperidine rings is 1. The molecule has 0 spiro atoms. The van der Waals surface area contributed by atoms with Crippen LogP contribution in [0.4, 0.5) is 0 Å². The molecule has 0 radical (unpaired) electrons. The summed E-state index contributed by atoms with van der Waals surface area (Å²) in [6.45, 7) is 3.40. The first-order valence-corrected chi connectivity index (χ1v) is 8.38. The second-order valence-corrected chi connectivity index (χ2v) is 7.02. The Hall–Kier alpha value is -0.610. The van der Waals surface area contributed by atoms with E-state index in [1.165, 1.54) is 32.1 Å². The molecule has 2 heterocycles. The molecule has 4 heteroatoms. The molecule has 5 unspecified atom stereocenters. The van der Waals surface area contributed by atoms with Crippen LogP contribution >= 0.6 is 0 Å². The summed E-state index contributed by atoms with van der Waals surface area (Å²) in [7, 11) is 0.